The minimum Gasteiger partial charge on any atom is -0.462 e. The second-order valence-electron chi connectivity index (χ2n) is 6.46. The number of carbonyl (C=O) groups excluding carboxylic acids is 2. The molecule has 0 amide bonds. The van der Waals surface area contributed by atoms with Crippen LogP contribution in [0.25, 0.3) is 0 Å². The largest absolute Gasteiger partial charge is 0.462 e. The van der Waals surface area contributed by atoms with Crippen LogP contribution < -0.4 is 0 Å². The molecule has 1 heterocycles. The smallest absolute Gasteiger partial charge is 0.306 e. The molecule has 4 nitrogen and oxygen atoms in total. The molecule has 0 radical (unpaired) electrons. The number of carbonyl (C=O) groups is 2. The van der Waals surface area contributed by atoms with Crippen LogP contribution in [0.4, 0.5) is 0 Å². The van der Waals surface area contributed by atoms with E-state index in [0.717, 1.165) is 25.7 Å². The Morgan fingerprint density at radius 1 is 1.21 bits per heavy atom. The minimum atomic E-state index is -0.127. The van der Waals surface area contributed by atoms with Crippen LogP contribution in [0.2, 0.25) is 0 Å². The molecular weight excluding hydrogens is 304 g/mol. The van der Waals surface area contributed by atoms with E-state index in [4.69, 9.17) is 9.47 Å². The summed E-state index contributed by atoms with van der Waals surface area (Å²) in [5.74, 6) is 0.0831. The number of ether oxygens (including phenoxy) is 2. The number of esters is 1. The van der Waals surface area contributed by atoms with Gasteiger partial charge in [-0.25, -0.2) is 0 Å². The minimum absolute atomic E-state index is 0.102. The maximum absolute atomic E-state index is 12.2. The van der Waals surface area contributed by atoms with Crippen LogP contribution in [0.5, 0.6) is 0 Å². The van der Waals surface area contributed by atoms with Crippen LogP contribution in [0, 0.1) is 0 Å². The molecule has 2 rings (SSSR count). The number of aryl methyl sites for hydroxylation is 1. The summed E-state index contributed by atoms with van der Waals surface area (Å²) in [6.45, 7) is 2.61. The van der Waals surface area contributed by atoms with Gasteiger partial charge in [0.05, 0.1) is 12.7 Å². The molecule has 0 aliphatic carbocycles. The van der Waals surface area contributed by atoms with E-state index in [9.17, 15) is 9.59 Å². The Balaban J connectivity index is 1.70. The molecule has 4 heteroatoms. The molecule has 0 saturated carbocycles. The highest BCUT2D eigenvalue weighted by Gasteiger charge is 2.26. The SMILES string of the molecule is CCCCC(=O)OC1CCOC(CC(=O)CCc2ccccc2)C1. The molecule has 0 aromatic heterocycles. The third-order valence-electron chi connectivity index (χ3n) is 4.34. The lowest BCUT2D eigenvalue weighted by atomic mass is 9.98. The van der Waals surface area contributed by atoms with E-state index in [1.54, 1.807) is 0 Å². The van der Waals surface area contributed by atoms with Gasteiger partial charge in [-0.2, -0.15) is 0 Å². The summed E-state index contributed by atoms with van der Waals surface area (Å²) in [6, 6.07) is 10.0. The zero-order valence-corrected chi connectivity index (χ0v) is 14.5. The standard InChI is InChI=1S/C20H28O4/c1-2-3-9-20(22)24-18-12-13-23-19(15-18)14-17(21)11-10-16-7-5-4-6-8-16/h4-8,18-19H,2-3,9-15H2,1H3. The van der Waals surface area contributed by atoms with E-state index < -0.39 is 0 Å². The number of rotatable bonds is 9. The van der Waals surface area contributed by atoms with Gasteiger partial charge >= 0.3 is 5.97 Å². The lowest BCUT2D eigenvalue weighted by molar-refractivity contribution is -0.156. The number of hydrogen-bond donors (Lipinski definition) is 0. The Morgan fingerprint density at radius 2 is 2.00 bits per heavy atom. The van der Waals surface area contributed by atoms with Crippen LogP contribution >= 0.6 is 0 Å². The van der Waals surface area contributed by atoms with Crippen LogP contribution in [0.3, 0.4) is 0 Å². The summed E-state index contributed by atoms with van der Waals surface area (Å²) in [7, 11) is 0. The maximum Gasteiger partial charge on any atom is 0.306 e. The highest BCUT2D eigenvalue weighted by atomic mass is 16.6. The van der Waals surface area contributed by atoms with Gasteiger partial charge in [0, 0.05) is 32.1 Å². The summed E-state index contributed by atoms with van der Waals surface area (Å²) < 4.78 is 11.2. The van der Waals surface area contributed by atoms with Gasteiger partial charge in [-0.15, -0.1) is 0 Å². The third kappa shape index (κ3) is 6.83. The first-order chi connectivity index (χ1) is 11.7. The van der Waals surface area contributed by atoms with Gasteiger partial charge in [-0.05, 0) is 18.4 Å². The average Bonchev–Trinajstić information content (AvgIpc) is 2.59. The monoisotopic (exact) mass is 332 g/mol. The van der Waals surface area contributed by atoms with Crippen molar-refractivity contribution < 1.29 is 19.1 Å². The van der Waals surface area contributed by atoms with E-state index in [0.29, 0.717) is 32.3 Å². The van der Waals surface area contributed by atoms with Gasteiger partial charge in [0.1, 0.15) is 11.9 Å². The average molecular weight is 332 g/mol. The second kappa shape index (κ2) is 10.2. The Morgan fingerprint density at radius 3 is 2.75 bits per heavy atom. The predicted molar refractivity (Wildman–Crippen MR) is 92.8 cm³/mol. The third-order valence-corrected chi connectivity index (χ3v) is 4.34. The molecule has 24 heavy (non-hydrogen) atoms. The number of hydrogen-bond acceptors (Lipinski definition) is 4. The molecule has 1 aliphatic heterocycles. The van der Waals surface area contributed by atoms with Crippen molar-refractivity contribution in [3.8, 4) is 0 Å². The molecule has 0 bridgehead atoms. The maximum atomic E-state index is 12.2. The molecule has 1 saturated heterocycles. The topological polar surface area (TPSA) is 52.6 Å². The van der Waals surface area contributed by atoms with Gasteiger partial charge in [-0.1, -0.05) is 43.7 Å². The fourth-order valence-corrected chi connectivity index (χ4v) is 2.94. The first-order valence-corrected chi connectivity index (χ1v) is 9.04. The summed E-state index contributed by atoms with van der Waals surface area (Å²) in [4.78, 5) is 23.9. The quantitative estimate of drug-likeness (QED) is 0.644. The molecule has 2 unspecified atom stereocenters. The van der Waals surface area contributed by atoms with E-state index in [-0.39, 0.29) is 24.0 Å². The first kappa shape index (κ1) is 18.7. The second-order valence-corrected chi connectivity index (χ2v) is 6.46. The zero-order valence-electron chi connectivity index (χ0n) is 14.5. The number of benzene rings is 1. The van der Waals surface area contributed by atoms with Crippen molar-refractivity contribution in [2.75, 3.05) is 6.61 Å². The number of unbranched alkanes of at least 4 members (excludes halogenated alkanes) is 1. The van der Waals surface area contributed by atoms with Crippen molar-refractivity contribution in [1.29, 1.82) is 0 Å². The van der Waals surface area contributed by atoms with Crippen LogP contribution in [-0.2, 0) is 25.5 Å². The van der Waals surface area contributed by atoms with Crippen molar-refractivity contribution in [1.82, 2.24) is 0 Å². The highest BCUT2D eigenvalue weighted by Crippen LogP contribution is 2.21. The highest BCUT2D eigenvalue weighted by molar-refractivity contribution is 5.79. The number of Topliss-reactive ketones (excluding diaryl/α,β-unsaturated/α-hetero) is 1. The van der Waals surface area contributed by atoms with E-state index in [1.165, 1.54) is 5.56 Å². The molecule has 1 aromatic rings. The van der Waals surface area contributed by atoms with Gasteiger partial charge in [0.25, 0.3) is 0 Å². The Labute approximate surface area is 144 Å². The van der Waals surface area contributed by atoms with Gasteiger partial charge in [0.15, 0.2) is 0 Å². The molecule has 132 valence electrons. The lowest BCUT2D eigenvalue weighted by Gasteiger charge is -2.29. The van der Waals surface area contributed by atoms with E-state index in [2.05, 4.69) is 6.92 Å². The van der Waals surface area contributed by atoms with E-state index >= 15 is 0 Å². The van der Waals surface area contributed by atoms with Gasteiger partial charge < -0.3 is 9.47 Å². The van der Waals surface area contributed by atoms with Crippen molar-refractivity contribution in [3.63, 3.8) is 0 Å². The fourth-order valence-electron chi connectivity index (χ4n) is 2.94. The molecule has 1 fully saturated rings. The summed E-state index contributed by atoms with van der Waals surface area (Å²) >= 11 is 0. The lowest BCUT2D eigenvalue weighted by Crippen LogP contribution is -2.33. The van der Waals surface area contributed by atoms with Crippen molar-refractivity contribution >= 4 is 11.8 Å². The van der Waals surface area contributed by atoms with Gasteiger partial charge in [-0.3, -0.25) is 9.59 Å². The first-order valence-electron chi connectivity index (χ1n) is 9.04. The van der Waals surface area contributed by atoms with Crippen LogP contribution in [-0.4, -0.2) is 30.6 Å². The molecular formula is C20H28O4. The summed E-state index contributed by atoms with van der Waals surface area (Å²) in [5.41, 5.74) is 1.18. The summed E-state index contributed by atoms with van der Waals surface area (Å²) in [6.07, 6.45) is 5.18. The Kier molecular flexibility index (Phi) is 7.96. The van der Waals surface area contributed by atoms with E-state index in [1.807, 2.05) is 30.3 Å². The fraction of sp³-hybridized carbons (Fsp3) is 0.600. The molecule has 2 atom stereocenters. The molecule has 0 N–H and O–H groups in total. The molecule has 1 aromatic carbocycles. The van der Waals surface area contributed by atoms with Crippen LogP contribution in [0.15, 0.2) is 30.3 Å². The Hall–Kier alpha value is -1.68. The van der Waals surface area contributed by atoms with Crippen molar-refractivity contribution in [3.05, 3.63) is 35.9 Å². The van der Waals surface area contributed by atoms with Gasteiger partial charge in [0.2, 0.25) is 0 Å². The van der Waals surface area contributed by atoms with Crippen LogP contribution in [0.1, 0.15) is 57.4 Å². The van der Waals surface area contributed by atoms with Crippen molar-refractivity contribution in [2.24, 2.45) is 0 Å². The molecule has 0 spiro atoms. The number of ketones is 1. The van der Waals surface area contributed by atoms with Crippen molar-refractivity contribution in [2.45, 2.75) is 70.5 Å². The summed E-state index contributed by atoms with van der Waals surface area (Å²) in [5, 5.41) is 0. The normalized spacial score (nSPS) is 20.5. The zero-order chi connectivity index (χ0) is 17.2. The Bertz CT molecular complexity index is 512. The predicted octanol–water partition coefficient (Wildman–Crippen LogP) is 3.86. The molecule has 1 aliphatic rings.